The maximum absolute atomic E-state index is 12.9. The summed E-state index contributed by atoms with van der Waals surface area (Å²) in [5.74, 6) is -1.62. The highest BCUT2D eigenvalue weighted by atomic mass is 19.4. The number of rotatable bonds is 5. The summed E-state index contributed by atoms with van der Waals surface area (Å²) in [5, 5.41) is 7.27. The van der Waals surface area contributed by atoms with Gasteiger partial charge in [0.25, 0.3) is 5.91 Å². The Bertz CT molecular complexity index is 1210. The number of nitrogens with zero attached hydrogens (tertiary/aromatic N) is 1. The van der Waals surface area contributed by atoms with Gasteiger partial charge in [-0.1, -0.05) is 18.2 Å². The predicted octanol–water partition coefficient (Wildman–Crippen LogP) is 2.98. The highest BCUT2D eigenvalue weighted by molar-refractivity contribution is 6.05. The number of carbonyl (C=O) groups excluding carboxylic acids is 4. The number of aryl methyl sites for hydroxylation is 1. The molecule has 1 atom stereocenters. The van der Waals surface area contributed by atoms with Crippen LogP contribution in [0.4, 0.5) is 23.7 Å². The third kappa shape index (κ3) is 5.53. The van der Waals surface area contributed by atoms with Crippen LogP contribution in [0.1, 0.15) is 39.9 Å². The summed E-state index contributed by atoms with van der Waals surface area (Å²) >= 11 is 0. The molecule has 0 saturated carbocycles. The molecule has 2 aromatic carbocycles. The number of alkyl halides is 3. The first kappa shape index (κ1) is 24.0. The topological polar surface area (TPSA) is 117 Å². The maximum atomic E-state index is 12.9. The van der Waals surface area contributed by atoms with Gasteiger partial charge < -0.3 is 20.3 Å². The number of benzene rings is 2. The summed E-state index contributed by atoms with van der Waals surface area (Å²) < 4.78 is 41.5. The van der Waals surface area contributed by atoms with Crippen molar-refractivity contribution < 1.29 is 37.1 Å². The van der Waals surface area contributed by atoms with Crippen molar-refractivity contribution in [3.63, 3.8) is 0 Å². The van der Waals surface area contributed by atoms with E-state index in [2.05, 4.69) is 20.7 Å². The minimum absolute atomic E-state index is 0.0442. The smallest absolute Gasteiger partial charge is 0.405 e. The molecular formula is C23H21F3N4O5. The largest absolute Gasteiger partial charge is 0.573 e. The Hall–Kier alpha value is -4.09. The Kier molecular flexibility index (Phi) is 6.37. The van der Waals surface area contributed by atoms with E-state index in [1.807, 2.05) is 0 Å². The van der Waals surface area contributed by atoms with Crippen LogP contribution in [0.2, 0.25) is 0 Å². The van der Waals surface area contributed by atoms with E-state index in [-0.39, 0.29) is 49.0 Å². The third-order valence-electron chi connectivity index (χ3n) is 5.72. The van der Waals surface area contributed by atoms with Crippen LogP contribution in [0.25, 0.3) is 0 Å². The van der Waals surface area contributed by atoms with Crippen LogP contribution < -0.4 is 20.7 Å². The molecule has 1 fully saturated rings. The Labute approximate surface area is 197 Å². The second kappa shape index (κ2) is 9.28. The minimum Gasteiger partial charge on any atom is -0.405 e. The molecule has 35 heavy (non-hydrogen) atoms. The van der Waals surface area contributed by atoms with Gasteiger partial charge in [-0.05, 0) is 42.2 Å². The lowest BCUT2D eigenvalue weighted by Crippen LogP contribution is -2.52. The Balaban J connectivity index is 1.37. The first-order valence-corrected chi connectivity index (χ1v) is 10.7. The molecule has 0 bridgehead atoms. The average Bonchev–Trinajstić information content (AvgIpc) is 3.09. The quantitative estimate of drug-likeness (QED) is 0.558. The average molecular weight is 490 g/mol. The van der Waals surface area contributed by atoms with Crippen LogP contribution in [0.15, 0.2) is 36.4 Å². The number of urea groups is 1. The van der Waals surface area contributed by atoms with Gasteiger partial charge in [-0.25, -0.2) is 4.79 Å². The molecule has 1 unspecified atom stereocenters. The van der Waals surface area contributed by atoms with E-state index in [0.29, 0.717) is 11.1 Å². The zero-order valence-corrected chi connectivity index (χ0v) is 18.5. The SMILES string of the molecule is Cc1ccc(NC(=O)NCc2ccc3c(c2)C(=O)N(C2CCC(=O)NC2=O)C3)cc1OC(F)(F)F. The Morgan fingerprint density at radius 1 is 1.17 bits per heavy atom. The number of hydrogen-bond acceptors (Lipinski definition) is 5. The lowest BCUT2D eigenvalue weighted by molar-refractivity contribution is -0.274. The van der Waals surface area contributed by atoms with Crippen molar-refractivity contribution in [3.05, 3.63) is 58.7 Å². The van der Waals surface area contributed by atoms with Gasteiger partial charge in [0, 0.05) is 36.8 Å². The Morgan fingerprint density at radius 2 is 1.94 bits per heavy atom. The first-order chi connectivity index (χ1) is 16.5. The van der Waals surface area contributed by atoms with Crippen LogP contribution >= 0.6 is 0 Å². The van der Waals surface area contributed by atoms with Gasteiger partial charge in [0.15, 0.2) is 0 Å². The van der Waals surface area contributed by atoms with Gasteiger partial charge in [0.1, 0.15) is 11.8 Å². The van der Waals surface area contributed by atoms with Crippen molar-refractivity contribution in [2.75, 3.05) is 5.32 Å². The van der Waals surface area contributed by atoms with Crippen LogP contribution in [0, 0.1) is 6.92 Å². The number of imide groups is 1. The molecule has 2 aromatic rings. The van der Waals surface area contributed by atoms with Gasteiger partial charge in [-0.2, -0.15) is 0 Å². The zero-order chi connectivity index (χ0) is 25.3. The number of fused-ring (bicyclic) bond motifs is 1. The number of anilines is 1. The second-order valence-corrected chi connectivity index (χ2v) is 8.23. The molecule has 9 nitrogen and oxygen atoms in total. The second-order valence-electron chi connectivity index (χ2n) is 8.23. The summed E-state index contributed by atoms with van der Waals surface area (Å²) in [6.07, 6.45) is -4.44. The van der Waals surface area contributed by atoms with Gasteiger partial charge >= 0.3 is 12.4 Å². The monoisotopic (exact) mass is 490 g/mol. The summed E-state index contributed by atoms with van der Waals surface area (Å²) in [6.45, 7) is 1.73. The van der Waals surface area contributed by atoms with E-state index < -0.39 is 30.1 Å². The number of ether oxygens (including phenoxy) is 1. The van der Waals surface area contributed by atoms with E-state index in [1.54, 1.807) is 18.2 Å². The number of piperidine rings is 1. The number of carbonyl (C=O) groups is 4. The maximum Gasteiger partial charge on any atom is 0.573 e. The molecule has 4 rings (SSSR count). The molecule has 2 aliphatic rings. The van der Waals surface area contributed by atoms with Gasteiger partial charge in [-0.15, -0.1) is 13.2 Å². The number of hydrogen-bond donors (Lipinski definition) is 3. The molecule has 3 N–H and O–H groups in total. The highest BCUT2D eigenvalue weighted by Crippen LogP contribution is 2.29. The molecule has 0 spiro atoms. The van der Waals surface area contributed by atoms with Crippen LogP contribution in [-0.2, 0) is 22.7 Å². The van der Waals surface area contributed by atoms with Crippen molar-refractivity contribution in [2.24, 2.45) is 0 Å². The molecule has 0 aromatic heterocycles. The molecule has 0 aliphatic carbocycles. The summed E-state index contributed by atoms with van der Waals surface area (Å²) in [6, 6.07) is 7.58. The minimum atomic E-state index is -4.86. The lowest BCUT2D eigenvalue weighted by Gasteiger charge is -2.29. The Morgan fingerprint density at radius 3 is 2.66 bits per heavy atom. The van der Waals surface area contributed by atoms with Crippen molar-refractivity contribution >= 4 is 29.4 Å². The zero-order valence-electron chi connectivity index (χ0n) is 18.5. The standard InChI is InChI=1S/C23H21F3N4O5/c1-12-2-5-15(9-18(12)35-23(24,25)26)28-22(34)27-10-13-3-4-14-11-30(21(33)16(14)8-13)17-6-7-19(31)29-20(17)32/h2-5,8-9,17H,6-7,10-11H2,1H3,(H2,27,28,34)(H,29,31,32). The molecular weight excluding hydrogens is 469 g/mol. The van der Waals surface area contributed by atoms with E-state index in [4.69, 9.17) is 0 Å². The fourth-order valence-electron chi connectivity index (χ4n) is 3.98. The summed E-state index contributed by atoms with van der Waals surface area (Å²) in [4.78, 5) is 50.1. The van der Waals surface area contributed by atoms with Gasteiger partial charge in [0.05, 0.1) is 0 Å². The number of halogens is 3. The molecule has 2 heterocycles. The van der Waals surface area contributed by atoms with Crippen LogP contribution in [0.5, 0.6) is 5.75 Å². The number of amides is 5. The predicted molar refractivity (Wildman–Crippen MR) is 116 cm³/mol. The molecule has 5 amide bonds. The van der Waals surface area contributed by atoms with Crippen LogP contribution in [-0.4, -0.2) is 41.1 Å². The highest BCUT2D eigenvalue weighted by Gasteiger charge is 2.39. The molecule has 1 saturated heterocycles. The van der Waals surface area contributed by atoms with Gasteiger partial charge in [0.2, 0.25) is 11.8 Å². The fourth-order valence-corrected chi connectivity index (χ4v) is 3.98. The first-order valence-electron chi connectivity index (χ1n) is 10.7. The van der Waals surface area contributed by atoms with E-state index in [9.17, 15) is 32.3 Å². The van der Waals surface area contributed by atoms with Crippen molar-refractivity contribution in [1.82, 2.24) is 15.5 Å². The van der Waals surface area contributed by atoms with Crippen LogP contribution in [0.3, 0.4) is 0 Å². The molecule has 12 heteroatoms. The lowest BCUT2D eigenvalue weighted by atomic mass is 10.0. The molecule has 2 aliphatic heterocycles. The molecule has 184 valence electrons. The van der Waals surface area contributed by atoms with Crippen molar-refractivity contribution in [1.29, 1.82) is 0 Å². The summed E-state index contributed by atoms with van der Waals surface area (Å²) in [5.41, 5.74) is 2.10. The third-order valence-corrected chi connectivity index (χ3v) is 5.72. The van der Waals surface area contributed by atoms with E-state index in [0.717, 1.165) is 11.6 Å². The van der Waals surface area contributed by atoms with Crippen molar-refractivity contribution in [2.45, 2.75) is 45.3 Å². The van der Waals surface area contributed by atoms with E-state index in [1.165, 1.54) is 24.0 Å². The van der Waals surface area contributed by atoms with Crippen molar-refractivity contribution in [3.8, 4) is 5.75 Å². The fraction of sp³-hybridized carbons (Fsp3) is 0.304. The molecule has 0 radical (unpaired) electrons. The number of nitrogens with one attached hydrogen (secondary N) is 3. The van der Waals surface area contributed by atoms with E-state index >= 15 is 0 Å². The normalized spacial score (nSPS) is 17.7. The summed E-state index contributed by atoms with van der Waals surface area (Å²) in [7, 11) is 0. The van der Waals surface area contributed by atoms with Gasteiger partial charge in [-0.3, -0.25) is 19.7 Å².